The van der Waals surface area contributed by atoms with Gasteiger partial charge in [-0.1, -0.05) is 6.08 Å². The molecule has 3 saturated heterocycles. The third kappa shape index (κ3) is 3.89. The normalized spacial score (nSPS) is 31.6. The van der Waals surface area contributed by atoms with E-state index in [9.17, 15) is 19.5 Å². The van der Waals surface area contributed by atoms with Crippen LogP contribution in [0.1, 0.15) is 53.4 Å². The predicted molar refractivity (Wildman–Crippen MR) is 114 cm³/mol. The summed E-state index contributed by atoms with van der Waals surface area (Å²) in [6, 6.07) is -0.799. The van der Waals surface area contributed by atoms with E-state index >= 15 is 0 Å². The maximum Gasteiger partial charge on any atom is 0.312 e. The Morgan fingerprint density at radius 3 is 2.68 bits per heavy atom. The SMILES string of the molecule is C=CCN(C(=O)C1N(CCCCO)C(=O)[C@@H]2[C@@H](C(=O)OCC)[C@H]3CCC12O3)C(C)(C)C. The number of nitrogens with zero attached hydrogens (tertiary/aromatic N) is 2. The van der Waals surface area contributed by atoms with Gasteiger partial charge in [0.05, 0.1) is 24.5 Å². The summed E-state index contributed by atoms with van der Waals surface area (Å²) in [5.74, 6) is -2.21. The Balaban J connectivity index is 2.02. The van der Waals surface area contributed by atoms with Gasteiger partial charge in [-0.05, 0) is 53.4 Å². The van der Waals surface area contributed by atoms with Crippen molar-refractivity contribution in [1.82, 2.24) is 9.80 Å². The molecule has 2 unspecified atom stereocenters. The van der Waals surface area contributed by atoms with Gasteiger partial charge in [-0.15, -0.1) is 6.58 Å². The van der Waals surface area contributed by atoms with Crippen molar-refractivity contribution in [2.24, 2.45) is 11.8 Å². The quantitative estimate of drug-likeness (QED) is 0.334. The Morgan fingerprint density at radius 1 is 1.39 bits per heavy atom. The monoisotopic (exact) mass is 436 g/mol. The van der Waals surface area contributed by atoms with Gasteiger partial charge < -0.3 is 24.4 Å². The number of hydrogen-bond donors (Lipinski definition) is 1. The molecule has 31 heavy (non-hydrogen) atoms. The molecule has 174 valence electrons. The smallest absolute Gasteiger partial charge is 0.312 e. The lowest BCUT2D eigenvalue weighted by Crippen LogP contribution is -2.59. The zero-order valence-corrected chi connectivity index (χ0v) is 19.1. The maximum atomic E-state index is 13.9. The van der Waals surface area contributed by atoms with Crippen LogP contribution in [0.25, 0.3) is 0 Å². The zero-order valence-electron chi connectivity index (χ0n) is 19.1. The highest BCUT2D eigenvalue weighted by atomic mass is 16.6. The van der Waals surface area contributed by atoms with Gasteiger partial charge in [0.25, 0.3) is 0 Å². The second-order valence-electron chi connectivity index (χ2n) is 9.68. The summed E-state index contributed by atoms with van der Waals surface area (Å²) in [4.78, 5) is 43.6. The molecule has 1 N–H and O–H groups in total. The van der Waals surface area contributed by atoms with Crippen LogP contribution in [0.2, 0.25) is 0 Å². The lowest BCUT2D eigenvalue weighted by atomic mass is 9.70. The van der Waals surface area contributed by atoms with Crippen molar-refractivity contribution in [3.8, 4) is 0 Å². The molecule has 3 aliphatic rings. The Bertz CT molecular complexity index is 732. The lowest BCUT2D eigenvalue weighted by Gasteiger charge is -2.42. The first-order chi connectivity index (χ1) is 14.6. The highest BCUT2D eigenvalue weighted by Gasteiger charge is 2.75. The van der Waals surface area contributed by atoms with E-state index in [4.69, 9.17) is 9.47 Å². The van der Waals surface area contributed by atoms with E-state index in [1.54, 1.807) is 22.8 Å². The van der Waals surface area contributed by atoms with Crippen LogP contribution in [-0.4, -0.2) is 82.3 Å². The standard InChI is InChI=1S/C23H36N2O6/c1-6-12-25(22(3,4)5)20(28)18-23-11-10-15(31-23)16(21(29)30-7-2)17(23)19(27)24(18)13-8-9-14-26/h6,15-18,26H,1,7-14H2,2-5H3/t15-,16+,17+,18?,23?/m1/s1. The highest BCUT2D eigenvalue weighted by molar-refractivity contribution is 5.98. The van der Waals surface area contributed by atoms with Crippen LogP contribution >= 0.6 is 0 Å². The molecule has 0 aromatic rings. The van der Waals surface area contributed by atoms with Crippen molar-refractivity contribution < 1.29 is 29.0 Å². The summed E-state index contributed by atoms with van der Waals surface area (Å²) in [6.45, 7) is 12.3. The summed E-state index contributed by atoms with van der Waals surface area (Å²) in [7, 11) is 0. The number of esters is 1. The second-order valence-corrected chi connectivity index (χ2v) is 9.68. The van der Waals surface area contributed by atoms with Crippen LogP contribution in [-0.2, 0) is 23.9 Å². The molecule has 8 heteroatoms. The number of unbranched alkanes of at least 4 members (excludes halogenated alkanes) is 1. The fraction of sp³-hybridized carbons (Fsp3) is 0.783. The Hall–Kier alpha value is -1.93. The molecule has 0 saturated carbocycles. The molecule has 3 rings (SSSR count). The lowest BCUT2D eigenvalue weighted by molar-refractivity contribution is -0.155. The number of rotatable bonds is 9. The summed E-state index contributed by atoms with van der Waals surface area (Å²) >= 11 is 0. The number of fused-ring (bicyclic) bond motifs is 1. The van der Waals surface area contributed by atoms with Crippen LogP contribution < -0.4 is 0 Å². The summed E-state index contributed by atoms with van der Waals surface area (Å²) in [6.07, 6.45) is 3.56. The summed E-state index contributed by atoms with van der Waals surface area (Å²) < 4.78 is 11.6. The van der Waals surface area contributed by atoms with Gasteiger partial charge in [-0.2, -0.15) is 0 Å². The average Bonchev–Trinajstić information content (AvgIpc) is 3.33. The van der Waals surface area contributed by atoms with Gasteiger partial charge >= 0.3 is 5.97 Å². The van der Waals surface area contributed by atoms with Gasteiger partial charge in [-0.25, -0.2) is 0 Å². The van der Waals surface area contributed by atoms with E-state index < -0.39 is 41.1 Å². The fourth-order valence-corrected chi connectivity index (χ4v) is 5.54. The number of ether oxygens (including phenoxy) is 2. The number of likely N-dealkylation sites (tertiary alicyclic amines) is 1. The van der Waals surface area contributed by atoms with Crippen LogP contribution in [0.5, 0.6) is 0 Å². The largest absolute Gasteiger partial charge is 0.466 e. The van der Waals surface area contributed by atoms with Gasteiger partial charge in [-0.3, -0.25) is 14.4 Å². The molecule has 3 heterocycles. The Morgan fingerprint density at radius 2 is 2.10 bits per heavy atom. The number of carbonyl (C=O) groups is 3. The topological polar surface area (TPSA) is 96.4 Å². The molecule has 1 spiro atoms. The number of amides is 2. The third-order valence-corrected chi connectivity index (χ3v) is 6.79. The number of carbonyl (C=O) groups excluding carboxylic acids is 3. The first kappa shape index (κ1) is 23.7. The molecule has 0 aromatic carbocycles. The average molecular weight is 437 g/mol. The van der Waals surface area contributed by atoms with Gasteiger partial charge in [0, 0.05) is 25.2 Å². The van der Waals surface area contributed by atoms with Crippen LogP contribution in [0.4, 0.5) is 0 Å². The van der Waals surface area contributed by atoms with Crippen LogP contribution in [0.15, 0.2) is 12.7 Å². The molecule has 3 aliphatic heterocycles. The first-order valence-electron chi connectivity index (χ1n) is 11.3. The molecular formula is C23H36N2O6. The molecule has 2 bridgehead atoms. The van der Waals surface area contributed by atoms with Crippen LogP contribution in [0.3, 0.4) is 0 Å². The highest BCUT2D eigenvalue weighted by Crippen LogP contribution is 2.59. The molecule has 8 nitrogen and oxygen atoms in total. The molecular weight excluding hydrogens is 400 g/mol. The van der Waals surface area contributed by atoms with Crippen molar-refractivity contribution in [1.29, 1.82) is 0 Å². The Kier molecular flexibility index (Phi) is 6.81. The molecule has 0 aliphatic carbocycles. The minimum absolute atomic E-state index is 0.0177. The van der Waals surface area contributed by atoms with Crippen molar-refractivity contribution in [2.45, 2.75) is 76.7 Å². The molecule has 3 fully saturated rings. The third-order valence-electron chi connectivity index (χ3n) is 6.79. The molecule has 5 atom stereocenters. The van der Waals surface area contributed by atoms with Crippen molar-refractivity contribution in [3.05, 3.63) is 12.7 Å². The van der Waals surface area contributed by atoms with Crippen molar-refractivity contribution in [3.63, 3.8) is 0 Å². The van der Waals surface area contributed by atoms with E-state index in [1.165, 1.54) is 0 Å². The number of aliphatic hydroxyl groups excluding tert-OH is 1. The fourth-order valence-electron chi connectivity index (χ4n) is 5.54. The molecule has 0 radical (unpaired) electrons. The Labute approximate surface area is 184 Å². The van der Waals surface area contributed by atoms with Gasteiger partial charge in [0.1, 0.15) is 11.6 Å². The number of aliphatic hydroxyl groups is 1. The van der Waals surface area contributed by atoms with Crippen LogP contribution in [0, 0.1) is 11.8 Å². The van der Waals surface area contributed by atoms with E-state index in [-0.39, 0.29) is 25.0 Å². The minimum Gasteiger partial charge on any atom is -0.466 e. The molecule has 0 aromatic heterocycles. The second kappa shape index (κ2) is 8.90. The maximum absolute atomic E-state index is 13.9. The van der Waals surface area contributed by atoms with E-state index in [2.05, 4.69) is 6.58 Å². The van der Waals surface area contributed by atoms with Gasteiger partial charge in [0.2, 0.25) is 11.8 Å². The van der Waals surface area contributed by atoms with E-state index in [0.29, 0.717) is 38.8 Å². The van der Waals surface area contributed by atoms with Crippen molar-refractivity contribution in [2.75, 3.05) is 26.3 Å². The van der Waals surface area contributed by atoms with E-state index in [1.807, 2.05) is 20.8 Å². The summed E-state index contributed by atoms with van der Waals surface area (Å²) in [5, 5.41) is 9.21. The van der Waals surface area contributed by atoms with Crippen molar-refractivity contribution >= 4 is 17.8 Å². The first-order valence-corrected chi connectivity index (χ1v) is 11.3. The number of hydrogen-bond acceptors (Lipinski definition) is 6. The predicted octanol–water partition coefficient (Wildman–Crippen LogP) is 1.51. The van der Waals surface area contributed by atoms with E-state index in [0.717, 1.165) is 0 Å². The zero-order chi connectivity index (χ0) is 23.0. The molecule has 2 amide bonds. The minimum atomic E-state index is -1.01. The summed E-state index contributed by atoms with van der Waals surface area (Å²) in [5.41, 5.74) is -1.49. The van der Waals surface area contributed by atoms with Gasteiger partial charge in [0.15, 0.2) is 0 Å².